The highest BCUT2D eigenvalue weighted by atomic mass is 35.5. The molecule has 1 aromatic carbocycles. The van der Waals surface area contributed by atoms with Gasteiger partial charge < -0.3 is 4.74 Å². The van der Waals surface area contributed by atoms with E-state index in [-0.39, 0.29) is 28.2 Å². The van der Waals surface area contributed by atoms with E-state index in [1.54, 1.807) is 12.1 Å². The summed E-state index contributed by atoms with van der Waals surface area (Å²) in [4.78, 5) is 10.3. The molecule has 0 fully saturated rings. The zero-order valence-electron chi connectivity index (χ0n) is 9.42. The van der Waals surface area contributed by atoms with Crippen molar-refractivity contribution in [3.63, 3.8) is 0 Å². The van der Waals surface area contributed by atoms with Gasteiger partial charge in [0.15, 0.2) is 10.9 Å². The number of benzene rings is 1. The SMILES string of the molecule is O=[N+]([O-])c1cc(Cl)ccc1OCc1ccc(Cl)nn1. The highest BCUT2D eigenvalue weighted by Gasteiger charge is 2.15. The molecule has 19 heavy (non-hydrogen) atoms. The fourth-order valence-electron chi connectivity index (χ4n) is 1.33. The minimum absolute atomic E-state index is 0.0483. The quantitative estimate of drug-likeness (QED) is 0.639. The number of halogens is 2. The lowest BCUT2D eigenvalue weighted by Gasteiger charge is -2.06. The molecular weight excluding hydrogens is 293 g/mol. The molecule has 0 aliphatic carbocycles. The summed E-state index contributed by atoms with van der Waals surface area (Å²) in [5.41, 5.74) is 0.308. The van der Waals surface area contributed by atoms with Gasteiger partial charge in [-0.3, -0.25) is 10.1 Å². The molecule has 0 spiro atoms. The van der Waals surface area contributed by atoms with E-state index < -0.39 is 4.92 Å². The Morgan fingerprint density at radius 3 is 2.63 bits per heavy atom. The summed E-state index contributed by atoms with van der Waals surface area (Å²) >= 11 is 11.3. The molecule has 0 unspecified atom stereocenters. The number of aromatic nitrogens is 2. The predicted molar refractivity (Wildman–Crippen MR) is 69.5 cm³/mol. The summed E-state index contributed by atoms with van der Waals surface area (Å²) in [6.07, 6.45) is 0. The molecule has 2 aromatic rings. The van der Waals surface area contributed by atoms with Crippen LogP contribution in [0.15, 0.2) is 30.3 Å². The van der Waals surface area contributed by atoms with Crippen molar-refractivity contribution in [3.05, 3.63) is 56.3 Å². The fraction of sp³-hybridized carbons (Fsp3) is 0.0909. The summed E-state index contributed by atoms with van der Waals surface area (Å²) < 4.78 is 5.33. The third-order valence-corrected chi connectivity index (χ3v) is 2.62. The molecule has 98 valence electrons. The first-order chi connectivity index (χ1) is 9.06. The number of nitro benzene ring substituents is 1. The van der Waals surface area contributed by atoms with Crippen LogP contribution in [0.4, 0.5) is 5.69 Å². The van der Waals surface area contributed by atoms with Crippen LogP contribution in [-0.4, -0.2) is 15.1 Å². The molecule has 0 radical (unpaired) electrons. The van der Waals surface area contributed by atoms with Gasteiger partial charge in [0.2, 0.25) is 0 Å². The Labute approximate surface area is 118 Å². The van der Waals surface area contributed by atoms with Crippen molar-refractivity contribution in [2.45, 2.75) is 6.61 Å². The normalized spacial score (nSPS) is 10.2. The van der Waals surface area contributed by atoms with Gasteiger partial charge in [-0.15, -0.1) is 5.10 Å². The van der Waals surface area contributed by atoms with E-state index in [1.165, 1.54) is 18.2 Å². The van der Waals surface area contributed by atoms with E-state index in [4.69, 9.17) is 27.9 Å². The predicted octanol–water partition coefficient (Wildman–Crippen LogP) is 3.27. The number of nitro groups is 1. The van der Waals surface area contributed by atoms with E-state index in [2.05, 4.69) is 10.2 Å². The Balaban J connectivity index is 2.15. The van der Waals surface area contributed by atoms with Crippen LogP contribution in [0.1, 0.15) is 5.69 Å². The van der Waals surface area contributed by atoms with Crippen molar-refractivity contribution in [2.75, 3.05) is 0 Å². The molecule has 0 amide bonds. The molecule has 0 saturated heterocycles. The number of hydrogen-bond acceptors (Lipinski definition) is 5. The fourth-order valence-corrected chi connectivity index (χ4v) is 1.59. The van der Waals surface area contributed by atoms with Crippen LogP contribution < -0.4 is 4.74 Å². The summed E-state index contributed by atoms with van der Waals surface area (Å²) in [7, 11) is 0. The molecule has 0 aliphatic heterocycles. The highest BCUT2D eigenvalue weighted by Crippen LogP contribution is 2.30. The smallest absolute Gasteiger partial charge is 0.312 e. The number of ether oxygens (including phenoxy) is 1. The molecule has 2 rings (SSSR count). The average molecular weight is 300 g/mol. The molecule has 6 nitrogen and oxygen atoms in total. The maximum absolute atomic E-state index is 10.9. The highest BCUT2D eigenvalue weighted by molar-refractivity contribution is 6.30. The lowest BCUT2D eigenvalue weighted by atomic mass is 10.3. The Kier molecular flexibility index (Phi) is 4.13. The second-order valence-electron chi connectivity index (χ2n) is 3.51. The lowest BCUT2D eigenvalue weighted by Crippen LogP contribution is -2.01. The van der Waals surface area contributed by atoms with Gasteiger partial charge in [-0.25, -0.2) is 0 Å². The molecule has 0 saturated carbocycles. The van der Waals surface area contributed by atoms with E-state index in [1.807, 2.05) is 0 Å². The van der Waals surface area contributed by atoms with E-state index in [9.17, 15) is 10.1 Å². The lowest BCUT2D eigenvalue weighted by molar-refractivity contribution is -0.385. The Morgan fingerprint density at radius 1 is 1.21 bits per heavy atom. The van der Waals surface area contributed by atoms with Gasteiger partial charge in [0.25, 0.3) is 0 Å². The molecule has 0 N–H and O–H groups in total. The number of nitrogens with zero attached hydrogens (tertiary/aromatic N) is 3. The third-order valence-electron chi connectivity index (χ3n) is 2.18. The topological polar surface area (TPSA) is 78.2 Å². The van der Waals surface area contributed by atoms with Crippen molar-refractivity contribution < 1.29 is 9.66 Å². The minimum Gasteiger partial charge on any atom is -0.480 e. The van der Waals surface area contributed by atoms with Gasteiger partial charge in [-0.05, 0) is 24.3 Å². The largest absolute Gasteiger partial charge is 0.480 e. The summed E-state index contributed by atoms with van der Waals surface area (Å²) in [5.74, 6) is 0.117. The van der Waals surface area contributed by atoms with Crippen LogP contribution >= 0.6 is 23.2 Å². The van der Waals surface area contributed by atoms with Gasteiger partial charge in [0.05, 0.1) is 4.92 Å². The zero-order chi connectivity index (χ0) is 13.8. The van der Waals surface area contributed by atoms with E-state index >= 15 is 0 Å². The molecule has 1 heterocycles. The van der Waals surface area contributed by atoms with Crippen LogP contribution in [0, 0.1) is 10.1 Å². The van der Waals surface area contributed by atoms with Crippen LogP contribution in [-0.2, 0) is 6.61 Å². The third kappa shape index (κ3) is 3.52. The molecular formula is C11H7Cl2N3O3. The van der Waals surface area contributed by atoms with Gasteiger partial charge in [-0.1, -0.05) is 23.2 Å². The first kappa shape index (κ1) is 13.5. The standard InChI is InChI=1S/C11H7Cl2N3O3/c12-7-1-3-10(9(5-7)16(17)18)19-6-8-2-4-11(13)15-14-8/h1-5H,6H2. The van der Waals surface area contributed by atoms with E-state index in [0.29, 0.717) is 5.69 Å². The Morgan fingerprint density at radius 2 is 2.00 bits per heavy atom. The zero-order valence-corrected chi connectivity index (χ0v) is 10.9. The van der Waals surface area contributed by atoms with Crippen LogP contribution in [0.2, 0.25) is 10.2 Å². The van der Waals surface area contributed by atoms with Gasteiger partial charge in [0.1, 0.15) is 12.3 Å². The molecule has 0 aliphatic rings. The molecule has 0 bridgehead atoms. The maximum atomic E-state index is 10.9. The van der Waals surface area contributed by atoms with Gasteiger partial charge >= 0.3 is 5.69 Å². The van der Waals surface area contributed by atoms with Crippen LogP contribution in [0.5, 0.6) is 5.75 Å². The van der Waals surface area contributed by atoms with Crippen molar-refractivity contribution in [3.8, 4) is 5.75 Å². The minimum atomic E-state index is -0.561. The van der Waals surface area contributed by atoms with Crippen LogP contribution in [0.3, 0.4) is 0 Å². The van der Waals surface area contributed by atoms with Crippen molar-refractivity contribution in [1.29, 1.82) is 0 Å². The molecule has 8 heteroatoms. The monoisotopic (exact) mass is 299 g/mol. The maximum Gasteiger partial charge on any atom is 0.312 e. The number of rotatable bonds is 4. The summed E-state index contributed by atoms with van der Waals surface area (Å²) in [6, 6.07) is 7.35. The first-order valence-corrected chi connectivity index (χ1v) is 5.86. The van der Waals surface area contributed by atoms with Crippen molar-refractivity contribution in [2.24, 2.45) is 0 Å². The van der Waals surface area contributed by atoms with Crippen LogP contribution in [0.25, 0.3) is 0 Å². The molecule has 1 aromatic heterocycles. The second-order valence-corrected chi connectivity index (χ2v) is 4.33. The van der Waals surface area contributed by atoms with Gasteiger partial charge in [0, 0.05) is 11.1 Å². The Hall–Kier alpha value is -1.92. The van der Waals surface area contributed by atoms with E-state index in [0.717, 1.165) is 0 Å². The van der Waals surface area contributed by atoms with Crippen molar-refractivity contribution in [1.82, 2.24) is 10.2 Å². The summed E-state index contributed by atoms with van der Waals surface area (Å²) in [5, 5.41) is 18.8. The Bertz CT molecular complexity index is 605. The average Bonchev–Trinajstić information content (AvgIpc) is 2.39. The number of hydrogen-bond donors (Lipinski definition) is 0. The first-order valence-electron chi connectivity index (χ1n) is 5.11. The molecule has 0 atom stereocenters. The van der Waals surface area contributed by atoms with Gasteiger partial charge in [-0.2, -0.15) is 5.10 Å². The summed E-state index contributed by atoms with van der Waals surface area (Å²) in [6.45, 7) is 0.0483. The van der Waals surface area contributed by atoms with Crippen molar-refractivity contribution >= 4 is 28.9 Å². The second kappa shape index (κ2) is 5.81.